The molecular formula is C18H21N5O. The van der Waals surface area contributed by atoms with Gasteiger partial charge in [-0.25, -0.2) is 15.0 Å². The van der Waals surface area contributed by atoms with Crippen molar-refractivity contribution in [2.75, 3.05) is 5.32 Å². The van der Waals surface area contributed by atoms with Gasteiger partial charge < -0.3 is 15.0 Å². The number of aryl methyl sites for hydroxylation is 1. The van der Waals surface area contributed by atoms with E-state index in [4.69, 9.17) is 0 Å². The molecule has 24 heavy (non-hydrogen) atoms. The summed E-state index contributed by atoms with van der Waals surface area (Å²) in [4.78, 5) is 13.4. The van der Waals surface area contributed by atoms with E-state index < -0.39 is 0 Å². The molecule has 1 aromatic carbocycles. The summed E-state index contributed by atoms with van der Waals surface area (Å²) in [6.45, 7) is 2.08. The Morgan fingerprint density at radius 3 is 2.67 bits per heavy atom. The number of rotatable bonds is 3. The Morgan fingerprint density at radius 1 is 1.17 bits per heavy atom. The molecule has 1 aliphatic rings. The highest BCUT2D eigenvalue weighted by Crippen LogP contribution is 2.31. The highest BCUT2D eigenvalue weighted by atomic mass is 16.3. The average molecular weight is 323 g/mol. The number of nitrogens with one attached hydrogen (secondary N) is 1. The number of fused-ring (bicyclic) bond motifs is 1. The summed E-state index contributed by atoms with van der Waals surface area (Å²) in [7, 11) is 1.98. The molecule has 0 aliphatic heterocycles. The maximum Gasteiger partial charge on any atom is 0.183 e. The van der Waals surface area contributed by atoms with Crippen molar-refractivity contribution in [3.8, 4) is 11.4 Å². The number of hydrogen-bond donors (Lipinski definition) is 2. The lowest BCUT2D eigenvalue weighted by Crippen LogP contribution is -2.18. The molecule has 0 spiro atoms. The highest BCUT2D eigenvalue weighted by Gasteiger charge is 2.30. The Morgan fingerprint density at radius 2 is 1.96 bits per heavy atom. The van der Waals surface area contributed by atoms with Gasteiger partial charge in [-0.15, -0.1) is 0 Å². The van der Waals surface area contributed by atoms with E-state index in [1.807, 2.05) is 41.9 Å². The molecule has 2 N–H and O–H groups in total. The van der Waals surface area contributed by atoms with Gasteiger partial charge in [-0.2, -0.15) is 0 Å². The molecule has 0 unspecified atom stereocenters. The maximum atomic E-state index is 9.98. The standard InChI is InChI=1S/C18H21N5O/c1-11-8-13(9-14(11)24)21-16-15-17(20-10-19-16)22-18(23(15)2)12-6-4-3-5-7-12/h3-7,10-11,13-14,24H,8-9H2,1-2H3,(H,19,20,21)/t11-,13+,14+/m0/s1. The van der Waals surface area contributed by atoms with Crippen LogP contribution in [0.4, 0.5) is 5.82 Å². The molecule has 3 aromatic rings. The van der Waals surface area contributed by atoms with Crippen molar-refractivity contribution in [1.82, 2.24) is 19.5 Å². The van der Waals surface area contributed by atoms with E-state index in [2.05, 4.69) is 27.2 Å². The predicted molar refractivity (Wildman–Crippen MR) is 93.6 cm³/mol. The topological polar surface area (TPSA) is 75.9 Å². The minimum absolute atomic E-state index is 0.225. The molecule has 1 saturated carbocycles. The Bertz CT molecular complexity index is 850. The molecule has 2 aromatic heterocycles. The summed E-state index contributed by atoms with van der Waals surface area (Å²) < 4.78 is 2.03. The average Bonchev–Trinajstić information content (AvgIpc) is 3.09. The first kappa shape index (κ1) is 15.1. The Hall–Kier alpha value is -2.47. The molecule has 0 amide bonds. The molecule has 0 bridgehead atoms. The SMILES string of the molecule is C[C@H]1C[C@@H](Nc2ncnc3nc(-c4ccccc4)n(C)c23)C[C@H]1O. The van der Waals surface area contributed by atoms with Crippen LogP contribution in [0.5, 0.6) is 0 Å². The number of aliphatic hydroxyl groups excluding tert-OH is 1. The number of nitrogens with zero attached hydrogens (tertiary/aromatic N) is 4. The van der Waals surface area contributed by atoms with Crippen LogP contribution in [0.15, 0.2) is 36.7 Å². The van der Waals surface area contributed by atoms with Gasteiger partial charge in [0.2, 0.25) is 0 Å². The summed E-state index contributed by atoms with van der Waals surface area (Å²) in [6.07, 6.45) is 2.99. The van der Waals surface area contributed by atoms with Crippen LogP contribution in [0, 0.1) is 5.92 Å². The van der Waals surface area contributed by atoms with Crippen LogP contribution in [-0.2, 0) is 7.05 Å². The Kier molecular flexibility index (Phi) is 3.69. The summed E-state index contributed by atoms with van der Waals surface area (Å²) >= 11 is 0. The molecule has 3 atom stereocenters. The molecule has 2 heterocycles. The second-order valence-corrected chi connectivity index (χ2v) is 6.61. The van der Waals surface area contributed by atoms with Crippen molar-refractivity contribution in [2.45, 2.75) is 31.9 Å². The summed E-state index contributed by atoms with van der Waals surface area (Å²) in [6, 6.07) is 10.3. The van der Waals surface area contributed by atoms with Gasteiger partial charge in [0.15, 0.2) is 11.5 Å². The van der Waals surface area contributed by atoms with Crippen molar-refractivity contribution in [3.63, 3.8) is 0 Å². The lowest BCUT2D eigenvalue weighted by molar-refractivity contribution is 0.141. The van der Waals surface area contributed by atoms with Gasteiger partial charge >= 0.3 is 0 Å². The van der Waals surface area contributed by atoms with Gasteiger partial charge in [0.05, 0.1) is 6.10 Å². The molecule has 6 heteroatoms. The summed E-state index contributed by atoms with van der Waals surface area (Å²) in [5.74, 6) is 1.96. The minimum Gasteiger partial charge on any atom is -0.393 e. The zero-order valence-electron chi connectivity index (χ0n) is 13.8. The first-order chi connectivity index (χ1) is 11.6. The quantitative estimate of drug-likeness (QED) is 0.775. The van der Waals surface area contributed by atoms with Crippen LogP contribution in [0.1, 0.15) is 19.8 Å². The fraction of sp³-hybridized carbons (Fsp3) is 0.389. The fourth-order valence-electron chi connectivity index (χ4n) is 3.53. The van der Waals surface area contributed by atoms with E-state index >= 15 is 0 Å². The third-order valence-corrected chi connectivity index (χ3v) is 4.88. The van der Waals surface area contributed by atoms with Crippen LogP contribution in [0.25, 0.3) is 22.6 Å². The van der Waals surface area contributed by atoms with Gasteiger partial charge in [-0.3, -0.25) is 0 Å². The number of anilines is 1. The highest BCUT2D eigenvalue weighted by molar-refractivity contribution is 5.86. The van der Waals surface area contributed by atoms with Crippen LogP contribution in [0.2, 0.25) is 0 Å². The largest absolute Gasteiger partial charge is 0.393 e. The van der Waals surface area contributed by atoms with E-state index in [0.717, 1.165) is 35.6 Å². The van der Waals surface area contributed by atoms with E-state index in [1.165, 1.54) is 0 Å². The zero-order chi connectivity index (χ0) is 16.7. The summed E-state index contributed by atoms with van der Waals surface area (Å²) in [5, 5.41) is 13.5. The monoisotopic (exact) mass is 323 g/mol. The van der Waals surface area contributed by atoms with Gasteiger partial charge in [-0.1, -0.05) is 37.3 Å². The molecule has 1 fully saturated rings. The summed E-state index contributed by atoms with van der Waals surface area (Å²) in [5.41, 5.74) is 2.62. The van der Waals surface area contributed by atoms with E-state index in [9.17, 15) is 5.11 Å². The lowest BCUT2D eigenvalue weighted by atomic mass is 10.1. The Labute approximate surface area is 140 Å². The van der Waals surface area contributed by atoms with Crippen LogP contribution < -0.4 is 5.32 Å². The normalized spacial score (nSPS) is 23.7. The maximum absolute atomic E-state index is 9.98. The third kappa shape index (κ3) is 2.53. The number of aliphatic hydroxyl groups is 1. The van der Waals surface area contributed by atoms with Crippen molar-refractivity contribution < 1.29 is 5.11 Å². The number of hydrogen-bond acceptors (Lipinski definition) is 5. The molecule has 6 nitrogen and oxygen atoms in total. The van der Waals surface area contributed by atoms with Crippen molar-refractivity contribution in [3.05, 3.63) is 36.7 Å². The molecular weight excluding hydrogens is 302 g/mol. The lowest BCUT2D eigenvalue weighted by Gasteiger charge is -2.14. The molecule has 0 saturated heterocycles. The van der Waals surface area contributed by atoms with Crippen LogP contribution in [0.3, 0.4) is 0 Å². The van der Waals surface area contributed by atoms with Crippen LogP contribution >= 0.6 is 0 Å². The molecule has 1 aliphatic carbocycles. The second kappa shape index (κ2) is 5.87. The number of imidazole rings is 1. The third-order valence-electron chi connectivity index (χ3n) is 4.88. The molecule has 0 radical (unpaired) electrons. The first-order valence-electron chi connectivity index (χ1n) is 8.31. The minimum atomic E-state index is -0.244. The molecule has 4 rings (SSSR count). The van der Waals surface area contributed by atoms with Gasteiger partial charge in [-0.05, 0) is 18.8 Å². The van der Waals surface area contributed by atoms with Gasteiger partial charge in [0.25, 0.3) is 0 Å². The smallest absolute Gasteiger partial charge is 0.183 e. The number of benzene rings is 1. The van der Waals surface area contributed by atoms with E-state index in [0.29, 0.717) is 11.6 Å². The van der Waals surface area contributed by atoms with E-state index in [-0.39, 0.29) is 12.1 Å². The van der Waals surface area contributed by atoms with Crippen molar-refractivity contribution in [1.29, 1.82) is 0 Å². The predicted octanol–water partition coefficient (Wildman–Crippen LogP) is 2.60. The first-order valence-corrected chi connectivity index (χ1v) is 8.31. The zero-order valence-corrected chi connectivity index (χ0v) is 13.8. The van der Waals surface area contributed by atoms with Crippen molar-refractivity contribution in [2.24, 2.45) is 13.0 Å². The van der Waals surface area contributed by atoms with E-state index in [1.54, 1.807) is 6.33 Å². The second-order valence-electron chi connectivity index (χ2n) is 6.61. The van der Waals surface area contributed by atoms with Crippen LogP contribution in [-0.4, -0.2) is 36.8 Å². The van der Waals surface area contributed by atoms with Gasteiger partial charge in [0.1, 0.15) is 17.7 Å². The molecule has 124 valence electrons. The number of aromatic nitrogens is 4. The fourth-order valence-corrected chi connectivity index (χ4v) is 3.53. The Balaban J connectivity index is 1.74. The van der Waals surface area contributed by atoms with Gasteiger partial charge in [0, 0.05) is 18.7 Å². The van der Waals surface area contributed by atoms with Crippen molar-refractivity contribution >= 4 is 17.0 Å².